The number of hydrogen-bond acceptors (Lipinski definition) is 0. The predicted molar refractivity (Wildman–Crippen MR) is 39.2 cm³/mol. The van der Waals surface area contributed by atoms with Gasteiger partial charge in [0.05, 0.1) is 0 Å². The molecule has 0 bridgehead atoms. The van der Waals surface area contributed by atoms with Gasteiger partial charge in [-0.15, -0.1) is 0 Å². The van der Waals surface area contributed by atoms with Crippen molar-refractivity contribution >= 4 is 0 Å². The largest absolute Gasteiger partial charge is 0.0622 e. The Morgan fingerprint density at radius 1 is 1.44 bits per heavy atom. The molecule has 0 saturated heterocycles. The van der Waals surface area contributed by atoms with Crippen molar-refractivity contribution in [3.8, 4) is 0 Å². The van der Waals surface area contributed by atoms with E-state index in [9.17, 15) is 0 Å². The molecule has 9 heavy (non-hydrogen) atoms. The third kappa shape index (κ3) is 0.720. The van der Waals surface area contributed by atoms with E-state index in [0.29, 0.717) is 0 Å². The van der Waals surface area contributed by atoms with Crippen LogP contribution in [0.15, 0.2) is 0 Å². The summed E-state index contributed by atoms with van der Waals surface area (Å²) in [7, 11) is 0. The molecule has 0 radical (unpaired) electrons. The van der Waals surface area contributed by atoms with E-state index in [-0.39, 0.29) is 0 Å². The first-order valence-corrected chi connectivity index (χ1v) is 4.22. The molecular weight excluding hydrogens is 108 g/mol. The lowest BCUT2D eigenvalue weighted by atomic mass is 9.84. The Bertz CT molecular complexity index is 128. The summed E-state index contributed by atoms with van der Waals surface area (Å²) in [5.41, 5.74) is 0.817. The molecule has 0 aromatic carbocycles. The van der Waals surface area contributed by atoms with Crippen LogP contribution < -0.4 is 0 Å². The van der Waals surface area contributed by atoms with Gasteiger partial charge in [-0.2, -0.15) is 0 Å². The lowest BCUT2D eigenvalue weighted by Gasteiger charge is -2.22. The van der Waals surface area contributed by atoms with Gasteiger partial charge in [-0.1, -0.05) is 26.7 Å². The van der Waals surface area contributed by atoms with E-state index >= 15 is 0 Å². The van der Waals surface area contributed by atoms with Crippen molar-refractivity contribution in [3.63, 3.8) is 0 Å². The molecular formula is C9H16. The van der Waals surface area contributed by atoms with Gasteiger partial charge in [-0.3, -0.25) is 0 Å². The standard InChI is InChI=1S/C9H16/c1-7-4-3-5-9(2)6-8(7)9/h7-8H,3-6H2,1-2H3/t7-,8-,9+/m1/s1. The number of rotatable bonds is 0. The van der Waals surface area contributed by atoms with Crippen LogP contribution in [0, 0.1) is 17.3 Å². The molecule has 0 aromatic rings. The Morgan fingerprint density at radius 2 is 2.22 bits per heavy atom. The predicted octanol–water partition coefficient (Wildman–Crippen LogP) is 2.83. The van der Waals surface area contributed by atoms with Crippen molar-refractivity contribution in [2.24, 2.45) is 17.3 Å². The van der Waals surface area contributed by atoms with E-state index in [0.717, 1.165) is 17.3 Å². The lowest BCUT2D eigenvalue weighted by molar-refractivity contribution is 0.288. The molecule has 0 heterocycles. The molecule has 2 fully saturated rings. The van der Waals surface area contributed by atoms with E-state index in [1.807, 2.05) is 0 Å². The van der Waals surface area contributed by atoms with Crippen molar-refractivity contribution in [1.29, 1.82) is 0 Å². The van der Waals surface area contributed by atoms with Crippen LogP contribution in [0.2, 0.25) is 0 Å². The van der Waals surface area contributed by atoms with Gasteiger partial charge in [0.1, 0.15) is 0 Å². The Morgan fingerprint density at radius 3 is 2.78 bits per heavy atom. The van der Waals surface area contributed by atoms with Crippen molar-refractivity contribution in [2.45, 2.75) is 39.5 Å². The quantitative estimate of drug-likeness (QED) is 0.466. The summed E-state index contributed by atoms with van der Waals surface area (Å²) in [4.78, 5) is 0. The van der Waals surface area contributed by atoms with E-state index in [1.165, 1.54) is 25.7 Å². The summed E-state index contributed by atoms with van der Waals surface area (Å²) in [6.07, 6.45) is 6.05. The summed E-state index contributed by atoms with van der Waals surface area (Å²) in [5.74, 6) is 2.16. The van der Waals surface area contributed by atoms with Crippen LogP contribution in [-0.2, 0) is 0 Å². The second-order valence-corrected chi connectivity index (χ2v) is 4.33. The highest BCUT2D eigenvalue weighted by Gasteiger charge is 2.53. The van der Waals surface area contributed by atoms with E-state index < -0.39 is 0 Å². The van der Waals surface area contributed by atoms with E-state index in [2.05, 4.69) is 13.8 Å². The minimum absolute atomic E-state index is 0.817. The van der Waals surface area contributed by atoms with E-state index in [4.69, 9.17) is 0 Å². The Balaban J connectivity index is 2.07. The van der Waals surface area contributed by atoms with Gasteiger partial charge in [0, 0.05) is 0 Å². The summed E-state index contributed by atoms with van der Waals surface area (Å²) >= 11 is 0. The van der Waals surface area contributed by atoms with Crippen LogP contribution in [0.4, 0.5) is 0 Å². The maximum absolute atomic E-state index is 2.47. The molecule has 0 heteroatoms. The van der Waals surface area contributed by atoms with Gasteiger partial charge in [0.25, 0.3) is 0 Å². The molecule has 2 saturated carbocycles. The summed E-state index contributed by atoms with van der Waals surface area (Å²) in [6.45, 7) is 4.89. The highest BCUT2D eigenvalue weighted by molar-refractivity contribution is 5.03. The van der Waals surface area contributed by atoms with Crippen LogP contribution in [-0.4, -0.2) is 0 Å². The van der Waals surface area contributed by atoms with Crippen LogP contribution >= 0.6 is 0 Å². The Kier molecular flexibility index (Phi) is 0.980. The molecule has 0 N–H and O–H groups in total. The second kappa shape index (κ2) is 1.53. The summed E-state index contributed by atoms with van der Waals surface area (Å²) < 4.78 is 0. The molecule has 0 amide bonds. The van der Waals surface area contributed by atoms with Gasteiger partial charge >= 0.3 is 0 Å². The fraction of sp³-hybridized carbons (Fsp3) is 1.00. The minimum atomic E-state index is 0.817. The zero-order chi connectivity index (χ0) is 6.48. The SMILES string of the molecule is C[C@@H]1CCC[C@@]2(C)C[C@H]12. The zero-order valence-corrected chi connectivity index (χ0v) is 6.48. The molecule has 2 aliphatic rings. The third-order valence-corrected chi connectivity index (χ3v) is 3.52. The first-order chi connectivity index (χ1) is 4.22. The fourth-order valence-corrected chi connectivity index (χ4v) is 2.65. The van der Waals surface area contributed by atoms with Crippen LogP contribution in [0.1, 0.15) is 39.5 Å². The van der Waals surface area contributed by atoms with E-state index in [1.54, 1.807) is 0 Å². The molecule has 0 aromatic heterocycles. The van der Waals surface area contributed by atoms with Gasteiger partial charge in [-0.25, -0.2) is 0 Å². The molecule has 0 nitrogen and oxygen atoms in total. The van der Waals surface area contributed by atoms with Gasteiger partial charge in [-0.05, 0) is 30.1 Å². The normalized spacial score (nSPS) is 56.7. The van der Waals surface area contributed by atoms with Crippen molar-refractivity contribution in [3.05, 3.63) is 0 Å². The monoisotopic (exact) mass is 124 g/mol. The average molecular weight is 124 g/mol. The first kappa shape index (κ1) is 5.76. The number of hydrogen-bond donors (Lipinski definition) is 0. The lowest BCUT2D eigenvalue weighted by Crippen LogP contribution is -2.11. The molecule has 2 aliphatic carbocycles. The number of fused-ring (bicyclic) bond motifs is 1. The van der Waals surface area contributed by atoms with Crippen LogP contribution in [0.25, 0.3) is 0 Å². The van der Waals surface area contributed by atoms with Gasteiger partial charge < -0.3 is 0 Å². The molecule has 0 unspecified atom stereocenters. The molecule has 52 valence electrons. The van der Waals surface area contributed by atoms with Crippen LogP contribution in [0.3, 0.4) is 0 Å². The Hall–Kier alpha value is 0. The highest BCUT2D eigenvalue weighted by atomic mass is 14.6. The minimum Gasteiger partial charge on any atom is -0.0622 e. The Labute approximate surface area is 57.6 Å². The first-order valence-electron chi connectivity index (χ1n) is 4.22. The zero-order valence-electron chi connectivity index (χ0n) is 6.48. The molecule has 0 spiro atoms. The van der Waals surface area contributed by atoms with Crippen LogP contribution in [0.5, 0.6) is 0 Å². The van der Waals surface area contributed by atoms with Crippen molar-refractivity contribution in [1.82, 2.24) is 0 Å². The second-order valence-electron chi connectivity index (χ2n) is 4.33. The maximum Gasteiger partial charge on any atom is -0.0292 e. The fourth-order valence-electron chi connectivity index (χ4n) is 2.65. The molecule has 3 atom stereocenters. The van der Waals surface area contributed by atoms with Gasteiger partial charge in [0.15, 0.2) is 0 Å². The van der Waals surface area contributed by atoms with Crippen molar-refractivity contribution < 1.29 is 0 Å². The smallest absolute Gasteiger partial charge is 0.0292 e. The highest BCUT2D eigenvalue weighted by Crippen LogP contribution is 2.62. The van der Waals surface area contributed by atoms with Crippen molar-refractivity contribution in [2.75, 3.05) is 0 Å². The maximum atomic E-state index is 2.47. The molecule has 2 rings (SSSR count). The molecule has 0 aliphatic heterocycles. The topological polar surface area (TPSA) is 0 Å². The average Bonchev–Trinajstić information content (AvgIpc) is 2.43. The third-order valence-electron chi connectivity index (χ3n) is 3.52. The summed E-state index contributed by atoms with van der Waals surface area (Å²) in [6, 6.07) is 0. The summed E-state index contributed by atoms with van der Waals surface area (Å²) in [5, 5.41) is 0. The van der Waals surface area contributed by atoms with Gasteiger partial charge in [0.2, 0.25) is 0 Å².